The molecule has 1 aromatic heterocycles. The number of hydrogen-bond acceptors (Lipinski definition) is 4. The quantitative estimate of drug-likeness (QED) is 0.611. The lowest BCUT2D eigenvalue weighted by atomic mass is 10.1. The van der Waals surface area contributed by atoms with Gasteiger partial charge in [0.25, 0.3) is 0 Å². The minimum atomic E-state index is -0.179. The van der Waals surface area contributed by atoms with E-state index in [1.54, 1.807) is 18.2 Å². The fourth-order valence-electron chi connectivity index (χ4n) is 2.63. The molecule has 0 aliphatic heterocycles. The monoisotopic (exact) mass is 357 g/mol. The lowest BCUT2D eigenvalue weighted by Gasteiger charge is -2.13. The molecule has 0 aliphatic rings. The molecule has 25 heavy (non-hydrogen) atoms. The van der Waals surface area contributed by atoms with E-state index in [1.165, 1.54) is 0 Å². The number of hydrogen-bond donors (Lipinski definition) is 0. The van der Waals surface area contributed by atoms with Crippen LogP contribution in [0.5, 0.6) is 5.75 Å². The zero-order chi connectivity index (χ0) is 17.8. The van der Waals surface area contributed by atoms with Gasteiger partial charge in [-0.05, 0) is 44.8 Å². The fraction of sp³-hybridized carbons (Fsp3) is 0.250. The zero-order valence-electron chi connectivity index (χ0n) is 14.3. The summed E-state index contributed by atoms with van der Waals surface area (Å²) in [5.74, 6) is 0.588. The first kappa shape index (κ1) is 17.5. The Morgan fingerprint density at radius 3 is 2.56 bits per heavy atom. The van der Waals surface area contributed by atoms with Crippen molar-refractivity contribution < 1.29 is 9.15 Å². The van der Waals surface area contributed by atoms with Crippen LogP contribution >= 0.6 is 11.6 Å². The average molecular weight is 358 g/mol. The van der Waals surface area contributed by atoms with Gasteiger partial charge in [-0.25, -0.2) is 0 Å². The van der Waals surface area contributed by atoms with E-state index >= 15 is 0 Å². The van der Waals surface area contributed by atoms with E-state index in [0.717, 1.165) is 13.0 Å². The highest BCUT2D eigenvalue weighted by atomic mass is 35.5. The van der Waals surface area contributed by atoms with Gasteiger partial charge in [-0.2, -0.15) is 0 Å². The van der Waals surface area contributed by atoms with Crippen LogP contribution in [0.25, 0.3) is 22.3 Å². The summed E-state index contributed by atoms with van der Waals surface area (Å²) in [6.45, 7) is 1.30. The molecule has 5 heteroatoms. The van der Waals surface area contributed by atoms with Crippen molar-refractivity contribution >= 4 is 22.6 Å². The number of ether oxygens (including phenoxy) is 1. The van der Waals surface area contributed by atoms with E-state index < -0.39 is 0 Å². The highest BCUT2D eigenvalue weighted by Gasteiger charge is 2.19. The van der Waals surface area contributed by atoms with Crippen LogP contribution in [0.2, 0.25) is 5.02 Å². The number of para-hydroxylation sites is 1. The summed E-state index contributed by atoms with van der Waals surface area (Å²) < 4.78 is 11.8. The second-order valence-electron chi connectivity index (χ2n) is 6.07. The van der Waals surface area contributed by atoms with Crippen molar-refractivity contribution in [1.29, 1.82) is 0 Å². The first-order valence-electron chi connectivity index (χ1n) is 8.16. The van der Waals surface area contributed by atoms with Crippen LogP contribution < -0.4 is 10.2 Å². The summed E-state index contributed by atoms with van der Waals surface area (Å²) in [6.07, 6.45) is 0.807. The van der Waals surface area contributed by atoms with Gasteiger partial charge < -0.3 is 14.1 Å². The van der Waals surface area contributed by atoms with Gasteiger partial charge in [-0.3, -0.25) is 4.79 Å². The third kappa shape index (κ3) is 3.86. The summed E-state index contributed by atoms with van der Waals surface area (Å²) in [7, 11) is 4.00. The highest BCUT2D eigenvalue weighted by molar-refractivity contribution is 6.33. The molecule has 0 saturated heterocycles. The molecule has 1 heterocycles. The Hall–Kier alpha value is -2.30. The van der Waals surface area contributed by atoms with Crippen LogP contribution in [0.1, 0.15) is 6.42 Å². The van der Waals surface area contributed by atoms with Gasteiger partial charge in [0.15, 0.2) is 5.76 Å². The Bertz CT molecular complexity index is 934. The Labute approximate surface area is 151 Å². The average Bonchev–Trinajstić information content (AvgIpc) is 2.60. The molecule has 0 atom stereocenters. The van der Waals surface area contributed by atoms with E-state index in [1.807, 2.05) is 44.4 Å². The third-order valence-corrected chi connectivity index (χ3v) is 4.20. The number of halogens is 1. The summed E-state index contributed by atoms with van der Waals surface area (Å²) >= 11 is 6.31. The molecule has 0 N–H and O–H groups in total. The molecular weight excluding hydrogens is 338 g/mol. The first-order valence-corrected chi connectivity index (χ1v) is 8.54. The maximum Gasteiger partial charge on any atom is 0.235 e. The molecule has 0 bridgehead atoms. The number of benzene rings is 2. The molecule has 0 amide bonds. The Balaban J connectivity index is 2.08. The normalized spacial score (nSPS) is 11.2. The summed E-state index contributed by atoms with van der Waals surface area (Å²) in [5.41, 5.74) is 0.985. The third-order valence-electron chi connectivity index (χ3n) is 3.87. The largest absolute Gasteiger partial charge is 0.486 e. The van der Waals surface area contributed by atoms with Crippen molar-refractivity contribution in [1.82, 2.24) is 4.90 Å². The summed E-state index contributed by atoms with van der Waals surface area (Å²) in [5, 5.41) is 1.01. The summed E-state index contributed by atoms with van der Waals surface area (Å²) in [6, 6.07) is 14.4. The molecule has 3 rings (SSSR count). The molecule has 0 spiro atoms. The van der Waals surface area contributed by atoms with Crippen LogP contribution in [0, 0.1) is 0 Å². The molecule has 3 aromatic rings. The van der Waals surface area contributed by atoms with Crippen LogP contribution in [-0.4, -0.2) is 32.1 Å². The van der Waals surface area contributed by atoms with Gasteiger partial charge in [-0.1, -0.05) is 35.9 Å². The summed E-state index contributed by atoms with van der Waals surface area (Å²) in [4.78, 5) is 15.0. The molecule has 0 aliphatic carbocycles. The van der Waals surface area contributed by atoms with E-state index in [0.29, 0.717) is 33.9 Å². The molecule has 2 aromatic carbocycles. The van der Waals surface area contributed by atoms with Crippen molar-refractivity contribution in [3.05, 3.63) is 63.8 Å². The fourth-order valence-corrected chi connectivity index (χ4v) is 2.86. The number of fused-ring (bicyclic) bond motifs is 1. The van der Waals surface area contributed by atoms with Crippen LogP contribution in [0.15, 0.2) is 57.7 Å². The predicted octanol–water partition coefficient (Wildman–Crippen LogP) is 4.44. The second-order valence-corrected chi connectivity index (χ2v) is 6.48. The van der Waals surface area contributed by atoms with Crippen LogP contribution in [-0.2, 0) is 0 Å². The molecule has 0 radical (unpaired) electrons. The number of nitrogens with zero attached hydrogens (tertiary/aromatic N) is 1. The van der Waals surface area contributed by atoms with E-state index in [4.69, 9.17) is 20.8 Å². The van der Waals surface area contributed by atoms with Crippen molar-refractivity contribution in [2.45, 2.75) is 6.42 Å². The van der Waals surface area contributed by atoms with Crippen molar-refractivity contribution in [2.24, 2.45) is 0 Å². The second kappa shape index (κ2) is 7.72. The van der Waals surface area contributed by atoms with Crippen LogP contribution in [0.3, 0.4) is 0 Å². The van der Waals surface area contributed by atoms with E-state index in [-0.39, 0.29) is 11.2 Å². The molecule has 0 fully saturated rings. The molecule has 4 nitrogen and oxygen atoms in total. The maximum absolute atomic E-state index is 12.9. The molecule has 0 saturated carbocycles. The number of rotatable bonds is 6. The minimum Gasteiger partial charge on any atom is -0.486 e. The van der Waals surface area contributed by atoms with Crippen molar-refractivity contribution in [2.75, 3.05) is 27.2 Å². The highest BCUT2D eigenvalue weighted by Crippen LogP contribution is 2.35. The smallest absolute Gasteiger partial charge is 0.235 e. The van der Waals surface area contributed by atoms with Gasteiger partial charge in [0.1, 0.15) is 5.58 Å². The van der Waals surface area contributed by atoms with Gasteiger partial charge in [0.05, 0.1) is 17.0 Å². The Morgan fingerprint density at radius 1 is 1.08 bits per heavy atom. The topological polar surface area (TPSA) is 42.7 Å². The standard InChI is InChI=1S/C20H20ClNO3/c1-22(2)12-7-13-24-20-18(23)15-9-4-6-11-17(15)25-19(20)14-8-3-5-10-16(14)21/h3-6,8-11H,7,12-13H2,1-2H3. The van der Waals surface area contributed by atoms with Gasteiger partial charge in [0.2, 0.25) is 11.2 Å². The zero-order valence-corrected chi connectivity index (χ0v) is 15.0. The van der Waals surface area contributed by atoms with E-state index in [9.17, 15) is 4.79 Å². The SMILES string of the molecule is CN(C)CCCOc1c(-c2ccccc2Cl)oc2ccccc2c1=O. The van der Waals surface area contributed by atoms with Crippen molar-refractivity contribution in [3.63, 3.8) is 0 Å². The molecule has 0 unspecified atom stereocenters. The van der Waals surface area contributed by atoms with Gasteiger partial charge in [0, 0.05) is 12.1 Å². The first-order chi connectivity index (χ1) is 12.1. The minimum absolute atomic E-state index is 0.179. The molecule has 130 valence electrons. The van der Waals surface area contributed by atoms with Gasteiger partial charge in [-0.15, -0.1) is 0 Å². The Kier molecular flexibility index (Phi) is 5.41. The van der Waals surface area contributed by atoms with Crippen molar-refractivity contribution in [3.8, 4) is 17.1 Å². The lowest BCUT2D eigenvalue weighted by molar-refractivity contribution is 0.276. The Morgan fingerprint density at radius 2 is 1.80 bits per heavy atom. The maximum atomic E-state index is 12.9. The van der Waals surface area contributed by atoms with E-state index in [2.05, 4.69) is 4.90 Å². The van der Waals surface area contributed by atoms with Crippen LogP contribution in [0.4, 0.5) is 0 Å². The lowest BCUT2D eigenvalue weighted by Crippen LogP contribution is -2.17. The predicted molar refractivity (Wildman–Crippen MR) is 102 cm³/mol. The van der Waals surface area contributed by atoms with Gasteiger partial charge >= 0.3 is 0 Å². The molecular formula is C20H20ClNO3.